The fraction of sp³-hybridized carbons (Fsp3) is 0.381. The number of esters is 1. The molecule has 2 unspecified atom stereocenters. The van der Waals surface area contributed by atoms with Gasteiger partial charge in [-0.05, 0) is 19.4 Å². The minimum atomic E-state index is -0.476. The molecule has 0 radical (unpaired) electrons. The number of rotatable bonds is 5. The molecule has 2 aromatic rings. The number of aromatic amines is 1. The summed E-state index contributed by atoms with van der Waals surface area (Å²) in [5, 5.41) is 7.16. The lowest BCUT2D eigenvalue weighted by molar-refractivity contribution is -0.146. The second-order valence-electron chi connectivity index (χ2n) is 6.71. The van der Waals surface area contributed by atoms with Crippen LogP contribution in [0.25, 0.3) is 6.08 Å². The van der Waals surface area contributed by atoms with Crippen molar-refractivity contribution in [1.29, 1.82) is 0 Å². The van der Waals surface area contributed by atoms with Gasteiger partial charge in [-0.2, -0.15) is 5.10 Å². The summed E-state index contributed by atoms with van der Waals surface area (Å²) < 4.78 is 11.4. The zero-order chi connectivity index (χ0) is 18.8. The van der Waals surface area contributed by atoms with Crippen LogP contribution in [0.5, 0.6) is 5.75 Å². The minimum absolute atomic E-state index is 0.238. The van der Waals surface area contributed by atoms with Crippen LogP contribution in [-0.2, 0) is 9.53 Å². The van der Waals surface area contributed by atoms with Gasteiger partial charge in [-0.25, -0.2) is 4.99 Å². The van der Waals surface area contributed by atoms with Crippen LogP contribution in [0.3, 0.4) is 0 Å². The second-order valence-corrected chi connectivity index (χ2v) is 6.71. The van der Waals surface area contributed by atoms with Crippen molar-refractivity contribution in [3.8, 4) is 5.75 Å². The van der Waals surface area contributed by atoms with E-state index in [1.54, 1.807) is 6.20 Å². The maximum Gasteiger partial charge on any atom is 0.315 e. The van der Waals surface area contributed by atoms with Gasteiger partial charge in [0.25, 0.3) is 0 Å². The SMILES string of the molecule is CCCC1=Nc2[nH]ncc2C(c2cccc3c2OCC=C3)C1C(=O)OCC. The van der Waals surface area contributed by atoms with E-state index in [1.807, 2.05) is 31.2 Å². The minimum Gasteiger partial charge on any atom is -0.489 e. The van der Waals surface area contributed by atoms with Crippen LogP contribution in [0.2, 0.25) is 0 Å². The Morgan fingerprint density at radius 1 is 1.33 bits per heavy atom. The summed E-state index contributed by atoms with van der Waals surface area (Å²) in [5.41, 5.74) is 3.73. The first-order chi connectivity index (χ1) is 13.2. The van der Waals surface area contributed by atoms with E-state index in [0.29, 0.717) is 19.0 Å². The Kier molecular flexibility index (Phi) is 4.79. The Balaban J connectivity index is 1.89. The third-order valence-electron chi connectivity index (χ3n) is 5.01. The topological polar surface area (TPSA) is 76.6 Å². The van der Waals surface area contributed by atoms with Crippen LogP contribution >= 0.6 is 0 Å². The highest BCUT2D eigenvalue weighted by atomic mass is 16.5. The third-order valence-corrected chi connectivity index (χ3v) is 5.01. The highest BCUT2D eigenvalue weighted by Crippen LogP contribution is 2.46. The van der Waals surface area contributed by atoms with Gasteiger partial charge in [-0.15, -0.1) is 0 Å². The molecule has 1 N–H and O–H groups in total. The van der Waals surface area contributed by atoms with Gasteiger partial charge in [-0.3, -0.25) is 9.89 Å². The Hall–Kier alpha value is -2.89. The third kappa shape index (κ3) is 3.05. The fourth-order valence-electron chi connectivity index (χ4n) is 3.93. The predicted molar refractivity (Wildman–Crippen MR) is 104 cm³/mol. The Labute approximate surface area is 158 Å². The molecule has 1 aromatic heterocycles. The Morgan fingerprint density at radius 2 is 2.22 bits per heavy atom. The highest BCUT2D eigenvalue weighted by molar-refractivity contribution is 6.06. The van der Waals surface area contributed by atoms with Crippen LogP contribution in [0, 0.1) is 5.92 Å². The largest absolute Gasteiger partial charge is 0.489 e. The van der Waals surface area contributed by atoms with Gasteiger partial charge in [0.05, 0.1) is 12.8 Å². The first-order valence-electron chi connectivity index (χ1n) is 9.44. The van der Waals surface area contributed by atoms with Crippen molar-refractivity contribution >= 4 is 23.6 Å². The molecule has 27 heavy (non-hydrogen) atoms. The van der Waals surface area contributed by atoms with Crippen LogP contribution < -0.4 is 4.74 Å². The number of ether oxygens (including phenoxy) is 2. The lowest BCUT2D eigenvalue weighted by Gasteiger charge is -2.32. The van der Waals surface area contributed by atoms with E-state index in [4.69, 9.17) is 14.5 Å². The number of para-hydroxylation sites is 1. The van der Waals surface area contributed by atoms with Crippen molar-refractivity contribution < 1.29 is 14.3 Å². The number of fused-ring (bicyclic) bond motifs is 2. The maximum absolute atomic E-state index is 13.0. The van der Waals surface area contributed by atoms with E-state index in [0.717, 1.165) is 41.0 Å². The number of benzene rings is 1. The maximum atomic E-state index is 13.0. The summed E-state index contributed by atoms with van der Waals surface area (Å²) >= 11 is 0. The van der Waals surface area contributed by atoms with Gasteiger partial charge < -0.3 is 9.47 Å². The van der Waals surface area contributed by atoms with E-state index in [9.17, 15) is 4.79 Å². The molecule has 2 aliphatic heterocycles. The first-order valence-corrected chi connectivity index (χ1v) is 9.44. The van der Waals surface area contributed by atoms with Crippen molar-refractivity contribution in [3.05, 3.63) is 47.2 Å². The van der Waals surface area contributed by atoms with Crippen LogP contribution in [-0.4, -0.2) is 35.1 Å². The molecule has 3 heterocycles. The van der Waals surface area contributed by atoms with Gasteiger partial charge in [0.1, 0.15) is 18.3 Å². The van der Waals surface area contributed by atoms with Gasteiger partial charge >= 0.3 is 5.97 Å². The average Bonchev–Trinajstić information content (AvgIpc) is 3.15. The van der Waals surface area contributed by atoms with Gasteiger partial charge in [0.15, 0.2) is 5.82 Å². The molecule has 0 spiro atoms. The van der Waals surface area contributed by atoms with Crippen molar-refractivity contribution in [2.75, 3.05) is 13.2 Å². The zero-order valence-corrected chi connectivity index (χ0v) is 15.6. The first kappa shape index (κ1) is 17.5. The number of hydrogen-bond acceptors (Lipinski definition) is 5. The summed E-state index contributed by atoms with van der Waals surface area (Å²) in [4.78, 5) is 17.7. The Morgan fingerprint density at radius 3 is 3.04 bits per heavy atom. The number of aliphatic imine (C=N–C) groups is 1. The highest BCUT2D eigenvalue weighted by Gasteiger charge is 2.42. The van der Waals surface area contributed by atoms with Crippen molar-refractivity contribution in [2.45, 2.75) is 32.6 Å². The number of H-pyrrole nitrogens is 1. The molecule has 6 nitrogen and oxygen atoms in total. The molecule has 0 fully saturated rings. The van der Waals surface area contributed by atoms with E-state index in [1.165, 1.54) is 0 Å². The molecular weight excluding hydrogens is 342 g/mol. The second kappa shape index (κ2) is 7.39. The van der Waals surface area contributed by atoms with Crippen LogP contribution in [0.4, 0.5) is 5.82 Å². The lowest BCUT2D eigenvalue weighted by atomic mass is 9.75. The van der Waals surface area contributed by atoms with Crippen molar-refractivity contribution in [3.63, 3.8) is 0 Å². The van der Waals surface area contributed by atoms with E-state index in [-0.39, 0.29) is 11.9 Å². The molecule has 0 amide bonds. The summed E-state index contributed by atoms with van der Waals surface area (Å²) in [5.74, 6) is 0.581. The molecule has 140 valence electrons. The zero-order valence-electron chi connectivity index (χ0n) is 15.6. The fourth-order valence-corrected chi connectivity index (χ4v) is 3.93. The molecule has 2 atom stereocenters. The van der Waals surface area contributed by atoms with Crippen LogP contribution in [0.15, 0.2) is 35.5 Å². The van der Waals surface area contributed by atoms with Crippen molar-refractivity contribution in [1.82, 2.24) is 10.2 Å². The molecule has 6 heteroatoms. The molecule has 0 aliphatic carbocycles. The molecular formula is C21H23N3O3. The van der Waals surface area contributed by atoms with Crippen molar-refractivity contribution in [2.24, 2.45) is 10.9 Å². The number of nitrogens with one attached hydrogen (secondary N) is 1. The summed E-state index contributed by atoms with van der Waals surface area (Å²) in [6.07, 6.45) is 7.44. The van der Waals surface area contributed by atoms with Gasteiger partial charge in [0, 0.05) is 28.3 Å². The number of carbonyl (C=O) groups excluding carboxylic acids is 1. The van der Waals surface area contributed by atoms with Crippen LogP contribution in [0.1, 0.15) is 49.3 Å². The predicted octanol–water partition coefficient (Wildman–Crippen LogP) is 4.01. The van der Waals surface area contributed by atoms with E-state index < -0.39 is 5.92 Å². The average molecular weight is 365 g/mol. The molecule has 2 aliphatic rings. The lowest BCUT2D eigenvalue weighted by Crippen LogP contribution is -2.34. The number of carbonyl (C=O) groups is 1. The summed E-state index contributed by atoms with van der Waals surface area (Å²) in [6, 6.07) is 6.05. The number of aromatic nitrogens is 2. The molecule has 1 aromatic carbocycles. The standard InChI is InChI=1S/C21H23N3O3/c1-3-7-16-18(21(25)26-4-2)17(15-12-22-24-20(15)23-16)14-10-5-8-13-9-6-11-27-19(13)14/h5-6,8-10,12,17-18H,3-4,7,11H2,1-2H3,(H,22,24). The molecule has 0 saturated carbocycles. The van der Waals surface area contributed by atoms with E-state index in [2.05, 4.69) is 23.2 Å². The molecule has 0 saturated heterocycles. The smallest absolute Gasteiger partial charge is 0.315 e. The molecule has 4 rings (SSSR count). The van der Waals surface area contributed by atoms with E-state index >= 15 is 0 Å². The van der Waals surface area contributed by atoms with Gasteiger partial charge in [0.2, 0.25) is 0 Å². The monoisotopic (exact) mass is 365 g/mol. The summed E-state index contributed by atoms with van der Waals surface area (Å²) in [6.45, 7) is 4.77. The quantitative estimate of drug-likeness (QED) is 0.812. The van der Waals surface area contributed by atoms with Gasteiger partial charge in [-0.1, -0.05) is 37.6 Å². The summed E-state index contributed by atoms with van der Waals surface area (Å²) in [7, 11) is 0. The normalized spacial score (nSPS) is 20.3. The Bertz CT molecular complexity index is 913. The number of hydrogen-bond donors (Lipinski definition) is 1. The molecule has 0 bridgehead atoms. The number of nitrogens with zero attached hydrogens (tertiary/aromatic N) is 2.